The van der Waals surface area contributed by atoms with Crippen LogP contribution < -0.4 is 10.9 Å². The fourth-order valence-electron chi connectivity index (χ4n) is 1.88. The molecule has 2 aromatic rings. The van der Waals surface area contributed by atoms with E-state index in [-0.39, 0.29) is 17.8 Å². The first kappa shape index (κ1) is 14.0. The highest BCUT2D eigenvalue weighted by atomic mass is 19.1. The molecule has 0 saturated heterocycles. The van der Waals surface area contributed by atoms with E-state index in [1.807, 2.05) is 30.3 Å². The molecule has 20 heavy (non-hydrogen) atoms. The Balaban J connectivity index is 2.09. The molecule has 0 unspecified atom stereocenters. The van der Waals surface area contributed by atoms with Crippen LogP contribution in [0.2, 0.25) is 0 Å². The molecule has 0 atom stereocenters. The van der Waals surface area contributed by atoms with Gasteiger partial charge in [-0.2, -0.15) is 0 Å². The van der Waals surface area contributed by atoms with Gasteiger partial charge in [0, 0.05) is 29.4 Å². The molecule has 0 saturated carbocycles. The summed E-state index contributed by atoms with van der Waals surface area (Å²) in [6.45, 7) is 1.69. The van der Waals surface area contributed by atoms with Crippen molar-refractivity contribution in [3.05, 3.63) is 69.5 Å². The van der Waals surface area contributed by atoms with Crippen LogP contribution in [-0.4, -0.2) is 4.92 Å². The van der Waals surface area contributed by atoms with E-state index < -0.39 is 10.7 Å². The number of hydrazine groups is 1. The summed E-state index contributed by atoms with van der Waals surface area (Å²) in [4.78, 5) is 10.3. The maximum atomic E-state index is 13.7. The second-order valence-corrected chi connectivity index (χ2v) is 4.27. The third-order valence-electron chi connectivity index (χ3n) is 2.98. The SMILES string of the molecule is Cc1c([N+](=O)[O-])ccc(F)c1CNNc1ccccc1. The Labute approximate surface area is 115 Å². The normalized spacial score (nSPS) is 10.3. The van der Waals surface area contributed by atoms with E-state index in [9.17, 15) is 14.5 Å². The number of para-hydroxylation sites is 1. The summed E-state index contributed by atoms with van der Waals surface area (Å²) in [5, 5.41) is 10.8. The van der Waals surface area contributed by atoms with Crippen molar-refractivity contribution in [1.82, 2.24) is 5.43 Å². The number of rotatable bonds is 5. The Morgan fingerprint density at radius 3 is 2.55 bits per heavy atom. The van der Waals surface area contributed by atoms with E-state index in [1.165, 1.54) is 6.07 Å². The number of nitro groups is 1. The average Bonchev–Trinajstić information content (AvgIpc) is 2.43. The van der Waals surface area contributed by atoms with E-state index in [0.717, 1.165) is 11.8 Å². The lowest BCUT2D eigenvalue weighted by Crippen LogP contribution is -2.22. The van der Waals surface area contributed by atoms with Crippen LogP contribution in [0.25, 0.3) is 0 Å². The zero-order valence-electron chi connectivity index (χ0n) is 10.9. The van der Waals surface area contributed by atoms with Gasteiger partial charge >= 0.3 is 0 Å². The van der Waals surface area contributed by atoms with E-state index >= 15 is 0 Å². The molecule has 0 bridgehead atoms. The van der Waals surface area contributed by atoms with E-state index in [1.54, 1.807) is 6.92 Å². The van der Waals surface area contributed by atoms with Crippen molar-refractivity contribution in [2.75, 3.05) is 5.43 Å². The number of anilines is 1. The van der Waals surface area contributed by atoms with Crippen LogP contribution in [0.1, 0.15) is 11.1 Å². The number of hydrogen-bond donors (Lipinski definition) is 2. The maximum absolute atomic E-state index is 13.7. The quantitative estimate of drug-likeness (QED) is 0.649. The highest BCUT2D eigenvalue weighted by Crippen LogP contribution is 2.23. The van der Waals surface area contributed by atoms with Crippen molar-refractivity contribution >= 4 is 11.4 Å². The second-order valence-electron chi connectivity index (χ2n) is 4.27. The standard InChI is InChI=1S/C14H14FN3O2/c1-10-12(13(15)7-8-14(10)18(19)20)9-16-17-11-5-3-2-4-6-11/h2-8,16-17H,9H2,1H3. The smallest absolute Gasteiger partial charge is 0.272 e. The lowest BCUT2D eigenvalue weighted by atomic mass is 10.1. The fraction of sp³-hybridized carbons (Fsp3) is 0.143. The van der Waals surface area contributed by atoms with Crippen molar-refractivity contribution < 1.29 is 9.31 Å². The number of halogens is 1. The van der Waals surface area contributed by atoms with E-state index in [4.69, 9.17) is 0 Å². The predicted molar refractivity (Wildman–Crippen MR) is 74.7 cm³/mol. The monoisotopic (exact) mass is 275 g/mol. The number of nitrogens with one attached hydrogen (secondary N) is 2. The van der Waals surface area contributed by atoms with E-state index in [0.29, 0.717) is 5.56 Å². The molecule has 0 aromatic heterocycles. The molecular weight excluding hydrogens is 261 g/mol. The molecule has 0 fully saturated rings. The molecule has 0 amide bonds. The van der Waals surface area contributed by atoms with Crippen molar-refractivity contribution in [3.63, 3.8) is 0 Å². The highest BCUT2D eigenvalue weighted by molar-refractivity contribution is 5.46. The number of nitrogens with zero attached hydrogens (tertiary/aromatic N) is 1. The van der Waals surface area contributed by atoms with Crippen LogP contribution in [0.3, 0.4) is 0 Å². The zero-order valence-corrected chi connectivity index (χ0v) is 10.9. The van der Waals surface area contributed by atoms with Gasteiger partial charge in [-0.3, -0.25) is 10.1 Å². The van der Waals surface area contributed by atoms with Crippen LogP contribution in [0, 0.1) is 22.9 Å². The molecule has 0 spiro atoms. The summed E-state index contributed by atoms with van der Waals surface area (Å²) in [5.41, 5.74) is 7.12. The molecule has 6 heteroatoms. The average molecular weight is 275 g/mol. The highest BCUT2D eigenvalue weighted by Gasteiger charge is 2.16. The summed E-state index contributed by atoms with van der Waals surface area (Å²) in [7, 11) is 0. The molecule has 0 radical (unpaired) electrons. The minimum atomic E-state index is -0.511. The lowest BCUT2D eigenvalue weighted by molar-refractivity contribution is -0.385. The Bertz CT molecular complexity index is 617. The van der Waals surface area contributed by atoms with Gasteiger partial charge in [-0.15, -0.1) is 0 Å². The first-order valence-corrected chi connectivity index (χ1v) is 6.06. The van der Waals surface area contributed by atoms with Crippen LogP contribution in [0.4, 0.5) is 15.8 Å². The molecule has 0 heterocycles. The van der Waals surface area contributed by atoms with Crippen molar-refractivity contribution in [1.29, 1.82) is 0 Å². The Morgan fingerprint density at radius 2 is 1.90 bits per heavy atom. The molecule has 0 aliphatic rings. The summed E-state index contributed by atoms with van der Waals surface area (Å²) < 4.78 is 13.7. The molecule has 2 N–H and O–H groups in total. The van der Waals surface area contributed by atoms with Gasteiger partial charge in [0.05, 0.1) is 4.92 Å². The van der Waals surface area contributed by atoms with Crippen LogP contribution in [0.5, 0.6) is 0 Å². The van der Waals surface area contributed by atoms with Crippen molar-refractivity contribution in [2.24, 2.45) is 0 Å². The van der Waals surface area contributed by atoms with Gasteiger partial charge in [-0.25, -0.2) is 9.82 Å². The summed E-state index contributed by atoms with van der Waals surface area (Å²) in [6, 6.07) is 11.6. The molecule has 104 valence electrons. The number of nitro benzene ring substituents is 1. The van der Waals surface area contributed by atoms with Crippen molar-refractivity contribution in [3.8, 4) is 0 Å². The second kappa shape index (κ2) is 6.12. The van der Waals surface area contributed by atoms with Crippen LogP contribution in [-0.2, 0) is 6.54 Å². The van der Waals surface area contributed by atoms with Crippen LogP contribution in [0.15, 0.2) is 42.5 Å². The maximum Gasteiger partial charge on any atom is 0.272 e. The van der Waals surface area contributed by atoms with Gasteiger partial charge < -0.3 is 5.43 Å². The Kier molecular flexibility index (Phi) is 4.27. The Morgan fingerprint density at radius 1 is 1.20 bits per heavy atom. The molecule has 5 nitrogen and oxygen atoms in total. The number of benzene rings is 2. The van der Waals surface area contributed by atoms with Crippen molar-refractivity contribution in [2.45, 2.75) is 13.5 Å². The van der Waals surface area contributed by atoms with Gasteiger partial charge in [-0.05, 0) is 25.1 Å². The molecule has 2 rings (SSSR count). The third kappa shape index (κ3) is 3.10. The van der Waals surface area contributed by atoms with Gasteiger partial charge in [0.15, 0.2) is 0 Å². The van der Waals surface area contributed by atoms with Crippen LogP contribution >= 0.6 is 0 Å². The predicted octanol–water partition coefficient (Wildman–Crippen LogP) is 3.16. The topological polar surface area (TPSA) is 67.2 Å². The summed E-state index contributed by atoms with van der Waals surface area (Å²) in [6.07, 6.45) is 0. The summed E-state index contributed by atoms with van der Waals surface area (Å²) in [5.74, 6) is -0.463. The molecule has 0 aliphatic heterocycles. The third-order valence-corrected chi connectivity index (χ3v) is 2.98. The Hall–Kier alpha value is -2.47. The van der Waals surface area contributed by atoms with Gasteiger partial charge in [0.25, 0.3) is 5.69 Å². The molecule has 0 aliphatic carbocycles. The van der Waals surface area contributed by atoms with Gasteiger partial charge in [0.2, 0.25) is 0 Å². The largest absolute Gasteiger partial charge is 0.321 e. The van der Waals surface area contributed by atoms with E-state index in [2.05, 4.69) is 10.9 Å². The minimum absolute atomic E-state index is 0.0806. The first-order chi connectivity index (χ1) is 9.59. The molecule has 2 aromatic carbocycles. The lowest BCUT2D eigenvalue weighted by Gasteiger charge is -2.11. The first-order valence-electron chi connectivity index (χ1n) is 6.06. The fourth-order valence-corrected chi connectivity index (χ4v) is 1.88. The van der Waals surface area contributed by atoms with Gasteiger partial charge in [-0.1, -0.05) is 18.2 Å². The summed E-state index contributed by atoms with van der Waals surface area (Å²) >= 11 is 0. The minimum Gasteiger partial charge on any atom is -0.321 e. The van der Waals surface area contributed by atoms with Gasteiger partial charge in [0.1, 0.15) is 5.82 Å². The molecular formula is C14H14FN3O2. The zero-order chi connectivity index (χ0) is 14.5. The number of hydrogen-bond acceptors (Lipinski definition) is 4.